The van der Waals surface area contributed by atoms with Gasteiger partial charge in [0.25, 0.3) is 0 Å². The van der Waals surface area contributed by atoms with Crippen LogP contribution in [0.2, 0.25) is 0 Å². The van der Waals surface area contributed by atoms with Crippen molar-refractivity contribution in [2.45, 2.75) is 45.4 Å². The Hall–Kier alpha value is -1.32. The maximum absolute atomic E-state index is 11.2. The average Bonchev–Trinajstić information content (AvgIpc) is 2.24. The molecule has 1 amide bonds. The van der Waals surface area contributed by atoms with Crippen molar-refractivity contribution in [2.24, 2.45) is 0 Å². The SMILES string of the molecule is C/C=C/CCCCC(=O)NCCCC(=O)O. The smallest absolute Gasteiger partial charge is 0.303 e. The molecule has 0 radical (unpaired) electrons. The van der Waals surface area contributed by atoms with Gasteiger partial charge in [0.15, 0.2) is 0 Å². The number of amides is 1. The number of hydrogen-bond acceptors (Lipinski definition) is 2. The zero-order valence-corrected chi connectivity index (χ0v) is 9.87. The third-order valence-electron chi connectivity index (χ3n) is 2.15. The van der Waals surface area contributed by atoms with Crippen molar-refractivity contribution in [3.05, 3.63) is 12.2 Å². The minimum Gasteiger partial charge on any atom is -0.481 e. The maximum atomic E-state index is 11.2. The number of rotatable bonds is 9. The first-order chi connectivity index (χ1) is 7.66. The molecule has 92 valence electrons. The van der Waals surface area contributed by atoms with Crippen LogP contribution < -0.4 is 5.32 Å². The van der Waals surface area contributed by atoms with Crippen LogP contribution in [-0.4, -0.2) is 23.5 Å². The van der Waals surface area contributed by atoms with Crippen molar-refractivity contribution >= 4 is 11.9 Å². The van der Waals surface area contributed by atoms with Gasteiger partial charge in [-0.3, -0.25) is 9.59 Å². The molecule has 0 aromatic carbocycles. The summed E-state index contributed by atoms with van der Waals surface area (Å²) in [6, 6.07) is 0. The van der Waals surface area contributed by atoms with Gasteiger partial charge in [-0.25, -0.2) is 0 Å². The van der Waals surface area contributed by atoms with Gasteiger partial charge in [0, 0.05) is 19.4 Å². The fraction of sp³-hybridized carbons (Fsp3) is 0.667. The van der Waals surface area contributed by atoms with E-state index >= 15 is 0 Å². The zero-order chi connectivity index (χ0) is 12.2. The molecule has 0 rings (SSSR count). The Balaban J connectivity index is 3.28. The summed E-state index contributed by atoms with van der Waals surface area (Å²) in [5.41, 5.74) is 0. The van der Waals surface area contributed by atoms with E-state index in [1.165, 1.54) is 0 Å². The highest BCUT2D eigenvalue weighted by atomic mass is 16.4. The second kappa shape index (κ2) is 10.2. The summed E-state index contributed by atoms with van der Waals surface area (Å²) in [5.74, 6) is -0.800. The first kappa shape index (κ1) is 14.7. The van der Waals surface area contributed by atoms with Crippen molar-refractivity contribution in [1.82, 2.24) is 5.32 Å². The van der Waals surface area contributed by atoms with E-state index < -0.39 is 5.97 Å². The van der Waals surface area contributed by atoms with Gasteiger partial charge < -0.3 is 10.4 Å². The molecular weight excluding hydrogens is 206 g/mol. The van der Waals surface area contributed by atoms with Gasteiger partial charge in [-0.2, -0.15) is 0 Å². The quantitative estimate of drug-likeness (QED) is 0.468. The minimum atomic E-state index is -0.819. The number of allylic oxidation sites excluding steroid dienone is 2. The van der Waals surface area contributed by atoms with Crippen LogP contribution in [0.4, 0.5) is 0 Å². The van der Waals surface area contributed by atoms with E-state index in [0.717, 1.165) is 19.3 Å². The number of aliphatic carboxylic acids is 1. The van der Waals surface area contributed by atoms with E-state index in [1.54, 1.807) is 0 Å². The first-order valence-corrected chi connectivity index (χ1v) is 5.76. The van der Waals surface area contributed by atoms with Crippen molar-refractivity contribution < 1.29 is 14.7 Å². The summed E-state index contributed by atoms with van der Waals surface area (Å²) in [7, 11) is 0. The van der Waals surface area contributed by atoms with E-state index in [2.05, 4.69) is 11.4 Å². The van der Waals surface area contributed by atoms with E-state index in [-0.39, 0.29) is 12.3 Å². The Bertz CT molecular complexity index is 236. The number of unbranched alkanes of at least 4 members (excludes halogenated alkanes) is 2. The molecule has 4 nitrogen and oxygen atoms in total. The minimum absolute atomic E-state index is 0.0193. The number of hydrogen-bond donors (Lipinski definition) is 2. The molecule has 0 unspecified atom stereocenters. The molecule has 2 N–H and O–H groups in total. The van der Waals surface area contributed by atoms with Gasteiger partial charge in [-0.1, -0.05) is 12.2 Å². The monoisotopic (exact) mass is 227 g/mol. The molecule has 0 bridgehead atoms. The topological polar surface area (TPSA) is 66.4 Å². The van der Waals surface area contributed by atoms with Crippen LogP contribution >= 0.6 is 0 Å². The molecule has 0 aromatic rings. The second-order valence-corrected chi connectivity index (χ2v) is 3.66. The third kappa shape index (κ3) is 10.8. The molecule has 0 atom stereocenters. The van der Waals surface area contributed by atoms with Crippen LogP contribution in [0.15, 0.2) is 12.2 Å². The van der Waals surface area contributed by atoms with Gasteiger partial charge in [-0.15, -0.1) is 0 Å². The molecule has 0 heterocycles. The predicted octanol–water partition coefficient (Wildman–Crippen LogP) is 2.10. The Morgan fingerprint density at radius 3 is 2.56 bits per heavy atom. The number of carboxylic acid groups (broad SMARTS) is 1. The van der Waals surface area contributed by atoms with Gasteiger partial charge in [0.2, 0.25) is 5.91 Å². The second-order valence-electron chi connectivity index (χ2n) is 3.66. The lowest BCUT2D eigenvalue weighted by atomic mass is 10.2. The van der Waals surface area contributed by atoms with Crippen LogP contribution in [0.3, 0.4) is 0 Å². The summed E-state index contributed by atoms with van der Waals surface area (Å²) >= 11 is 0. The molecule has 0 aliphatic carbocycles. The van der Waals surface area contributed by atoms with Crippen LogP contribution in [0.5, 0.6) is 0 Å². The predicted molar refractivity (Wildman–Crippen MR) is 63.2 cm³/mol. The van der Waals surface area contributed by atoms with E-state index in [1.807, 2.05) is 13.0 Å². The van der Waals surface area contributed by atoms with Gasteiger partial charge in [-0.05, 0) is 32.6 Å². The lowest BCUT2D eigenvalue weighted by Gasteiger charge is -2.03. The Morgan fingerprint density at radius 1 is 1.19 bits per heavy atom. The van der Waals surface area contributed by atoms with Crippen molar-refractivity contribution in [3.8, 4) is 0 Å². The number of carbonyl (C=O) groups excluding carboxylic acids is 1. The van der Waals surface area contributed by atoms with Crippen LogP contribution in [0, 0.1) is 0 Å². The largest absolute Gasteiger partial charge is 0.481 e. The molecule has 0 saturated carbocycles. The maximum Gasteiger partial charge on any atom is 0.303 e. The average molecular weight is 227 g/mol. The van der Waals surface area contributed by atoms with Crippen LogP contribution in [0.25, 0.3) is 0 Å². The Morgan fingerprint density at radius 2 is 1.94 bits per heavy atom. The number of nitrogens with one attached hydrogen (secondary N) is 1. The lowest BCUT2D eigenvalue weighted by Crippen LogP contribution is -2.24. The molecular formula is C12H21NO3. The van der Waals surface area contributed by atoms with Crippen molar-refractivity contribution in [3.63, 3.8) is 0 Å². The lowest BCUT2D eigenvalue weighted by molar-refractivity contribution is -0.137. The fourth-order valence-electron chi connectivity index (χ4n) is 1.27. The molecule has 16 heavy (non-hydrogen) atoms. The number of carbonyl (C=O) groups is 2. The standard InChI is InChI=1S/C12H21NO3/c1-2-3-4-5-6-8-11(14)13-10-7-9-12(15)16/h2-3H,4-10H2,1H3,(H,13,14)(H,15,16)/b3-2+. The molecule has 0 aromatic heterocycles. The fourth-order valence-corrected chi connectivity index (χ4v) is 1.27. The Labute approximate surface area is 96.7 Å². The Kier molecular flexibility index (Phi) is 9.36. The molecule has 0 aliphatic heterocycles. The third-order valence-corrected chi connectivity index (χ3v) is 2.15. The summed E-state index contributed by atoms with van der Waals surface area (Å²) < 4.78 is 0. The zero-order valence-electron chi connectivity index (χ0n) is 9.87. The van der Waals surface area contributed by atoms with Gasteiger partial charge >= 0.3 is 5.97 Å². The summed E-state index contributed by atoms with van der Waals surface area (Å²) in [6.45, 7) is 2.44. The van der Waals surface area contributed by atoms with Crippen LogP contribution in [0.1, 0.15) is 45.4 Å². The molecule has 0 fully saturated rings. The van der Waals surface area contributed by atoms with Gasteiger partial charge in [0.05, 0.1) is 0 Å². The van der Waals surface area contributed by atoms with Gasteiger partial charge in [0.1, 0.15) is 0 Å². The van der Waals surface area contributed by atoms with Crippen LogP contribution in [-0.2, 0) is 9.59 Å². The van der Waals surface area contributed by atoms with E-state index in [4.69, 9.17) is 5.11 Å². The molecule has 4 heteroatoms. The van der Waals surface area contributed by atoms with Crippen molar-refractivity contribution in [2.75, 3.05) is 6.54 Å². The summed E-state index contributed by atoms with van der Waals surface area (Å²) in [5, 5.41) is 11.1. The highest BCUT2D eigenvalue weighted by Gasteiger charge is 2.01. The van der Waals surface area contributed by atoms with E-state index in [0.29, 0.717) is 19.4 Å². The molecule has 0 saturated heterocycles. The summed E-state index contributed by atoms with van der Waals surface area (Å²) in [6.07, 6.45) is 8.16. The normalized spacial score (nSPS) is 10.6. The first-order valence-electron chi connectivity index (χ1n) is 5.76. The van der Waals surface area contributed by atoms with E-state index in [9.17, 15) is 9.59 Å². The highest BCUT2D eigenvalue weighted by molar-refractivity contribution is 5.75. The molecule has 0 aliphatic rings. The highest BCUT2D eigenvalue weighted by Crippen LogP contribution is 2.00. The number of carboxylic acids is 1. The summed E-state index contributed by atoms with van der Waals surface area (Å²) in [4.78, 5) is 21.4. The molecule has 0 spiro atoms. The van der Waals surface area contributed by atoms with Crippen molar-refractivity contribution in [1.29, 1.82) is 0 Å².